The Morgan fingerprint density at radius 3 is 2.54 bits per heavy atom. The van der Waals surface area contributed by atoms with Crippen LogP contribution in [-0.2, 0) is 6.42 Å². The van der Waals surface area contributed by atoms with Crippen molar-refractivity contribution in [2.24, 2.45) is 11.8 Å². The van der Waals surface area contributed by atoms with Crippen molar-refractivity contribution in [1.82, 2.24) is 9.88 Å². The second kappa shape index (κ2) is 7.41. The second-order valence-electron chi connectivity index (χ2n) is 8.60. The van der Waals surface area contributed by atoms with Crippen LogP contribution in [0.3, 0.4) is 0 Å². The summed E-state index contributed by atoms with van der Waals surface area (Å²) < 4.78 is 27.5. The fourth-order valence-corrected chi connectivity index (χ4v) is 5.06. The van der Waals surface area contributed by atoms with E-state index in [1.54, 1.807) is 12.1 Å². The monoisotopic (exact) mass is 388 g/mol. The number of rotatable bonds is 5. The van der Waals surface area contributed by atoms with Crippen LogP contribution in [-0.4, -0.2) is 45.3 Å². The summed E-state index contributed by atoms with van der Waals surface area (Å²) in [6, 6.07) is 7.66. The molecule has 0 bridgehead atoms. The largest absolute Gasteiger partial charge is 0.506 e. The summed E-state index contributed by atoms with van der Waals surface area (Å²) in [6.45, 7) is 4.81. The van der Waals surface area contributed by atoms with Crippen LogP contribution in [0.1, 0.15) is 36.9 Å². The highest BCUT2D eigenvalue weighted by atomic mass is 19.2. The summed E-state index contributed by atoms with van der Waals surface area (Å²) >= 11 is 0. The maximum atomic E-state index is 14.0. The number of likely N-dealkylation sites (tertiary alicyclic amines) is 1. The lowest BCUT2D eigenvalue weighted by Gasteiger charge is -2.27. The van der Waals surface area contributed by atoms with Crippen molar-refractivity contribution in [2.45, 2.75) is 37.7 Å². The molecule has 150 valence electrons. The van der Waals surface area contributed by atoms with Crippen molar-refractivity contribution in [3.05, 3.63) is 59.4 Å². The van der Waals surface area contributed by atoms with E-state index < -0.39 is 17.2 Å². The normalized spacial score (nSPS) is 28.4. The van der Waals surface area contributed by atoms with Gasteiger partial charge in [-0.3, -0.25) is 4.98 Å². The van der Waals surface area contributed by atoms with Crippen molar-refractivity contribution in [2.75, 3.05) is 19.6 Å². The first-order chi connectivity index (χ1) is 13.3. The summed E-state index contributed by atoms with van der Waals surface area (Å²) in [4.78, 5) is 6.69. The van der Waals surface area contributed by atoms with Gasteiger partial charge in [0.25, 0.3) is 0 Å². The van der Waals surface area contributed by atoms with Crippen molar-refractivity contribution < 1.29 is 19.0 Å². The van der Waals surface area contributed by atoms with Gasteiger partial charge in [-0.15, -0.1) is 0 Å². The summed E-state index contributed by atoms with van der Waals surface area (Å²) in [5.74, 6) is -0.532. The number of pyridine rings is 1. The van der Waals surface area contributed by atoms with E-state index in [4.69, 9.17) is 0 Å². The van der Waals surface area contributed by atoms with Gasteiger partial charge in [0.2, 0.25) is 0 Å². The quantitative estimate of drug-likeness (QED) is 0.823. The lowest BCUT2D eigenvalue weighted by Crippen LogP contribution is -2.33. The maximum Gasteiger partial charge on any atom is 0.162 e. The number of aliphatic hydroxyl groups is 1. The average molecular weight is 388 g/mol. The summed E-state index contributed by atoms with van der Waals surface area (Å²) in [6.07, 6.45) is 2.87. The molecule has 4 nitrogen and oxygen atoms in total. The third kappa shape index (κ3) is 3.89. The highest BCUT2D eigenvalue weighted by Gasteiger charge is 2.48. The number of hydrogen-bond donors (Lipinski definition) is 2. The maximum absolute atomic E-state index is 14.0. The van der Waals surface area contributed by atoms with Crippen molar-refractivity contribution >= 4 is 0 Å². The number of nitrogens with zero attached hydrogens (tertiary/aromatic N) is 2. The van der Waals surface area contributed by atoms with Gasteiger partial charge in [0.05, 0.1) is 11.8 Å². The van der Waals surface area contributed by atoms with E-state index in [2.05, 4.69) is 16.8 Å². The van der Waals surface area contributed by atoms with Gasteiger partial charge in [0.15, 0.2) is 11.6 Å². The second-order valence-corrected chi connectivity index (χ2v) is 8.60. The van der Waals surface area contributed by atoms with Crippen molar-refractivity contribution in [3.63, 3.8) is 0 Å². The molecule has 1 unspecified atom stereocenters. The van der Waals surface area contributed by atoms with E-state index in [1.807, 2.05) is 6.07 Å². The van der Waals surface area contributed by atoms with Gasteiger partial charge in [-0.2, -0.15) is 0 Å². The van der Waals surface area contributed by atoms with Crippen LogP contribution in [0.25, 0.3) is 0 Å². The number of benzene rings is 1. The Morgan fingerprint density at radius 1 is 1.18 bits per heavy atom. The molecule has 28 heavy (non-hydrogen) atoms. The molecule has 0 radical (unpaired) electrons. The Kier molecular flexibility index (Phi) is 5.10. The van der Waals surface area contributed by atoms with Gasteiger partial charge in [-0.1, -0.05) is 19.1 Å². The average Bonchev–Trinajstić information content (AvgIpc) is 3.13. The Bertz CT molecular complexity index is 829. The number of halogens is 2. The minimum absolute atomic E-state index is 0.164. The molecule has 6 heteroatoms. The van der Waals surface area contributed by atoms with Crippen LogP contribution >= 0.6 is 0 Å². The molecule has 1 aromatic heterocycles. The van der Waals surface area contributed by atoms with Crippen LogP contribution < -0.4 is 0 Å². The third-order valence-electron chi connectivity index (χ3n) is 6.30. The molecular weight excluding hydrogens is 362 g/mol. The zero-order chi connectivity index (χ0) is 19.9. The van der Waals surface area contributed by atoms with E-state index in [0.717, 1.165) is 31.4 Å². The predicted octanol–water partition coefficient (Wildman–Crippen LogP) is 3.48. The minimum atomic E-state index is -0.958. The smallest absolute Gasteiger partial charge is 0.162 e. The number of hydrogen-bond acceptors (Lipinski definition) is 4. The van der Waals surface area contributed by atoms with Crippen molar-refractivity contribution in [1.29, 1.82) is 0 Å². The molecule has 1 saturated carbocycles. The Balaban J connectivity index is 1.35. The fraction of sp³-hybridized carbons (Fsp3) is 0.500. The van der Waals surface area contributed by atoms with Gasteiger partial charge < -0.3 is 15.1 Å². The molecular formula is C22H26F2N2O2. The molecule has 1 saturated heterocycles. The summed E-state index contributed by atoms with van der Waals surface area (Å²) in [5, 5.41) is 20.4. The van der Waals surface area contributed by atoms with Gasteiger partial charge in [-0.05, 0) is 48.4 Å². The Hall–Kier alpha value is -2.05. The van der Waals surface area contributed by atoms with Crippen LogP contribution in [0.2, 0.25) is 0 Å². The van der Waals surface area contributed by atoms with E-state index in [-0.39, 0.29) is 23.7 Å². The highest BCUT2D eigenvalue weighted by Crippen LogP contribution is 2.45. The van der Waals surface area contributed by atoms with Gasteiger partial charge in [-0.25, -0.2) is 8.78 Å². The van der Waals surface area contributed by atoms with Crippen LogP contribution in [0.5, 0.6) is 5.75 Å². The molecule has 1 aromatic carbocycles. The lowest BCUT2D eigenvalue weighted by molar-refractivity contribution is 0.0344. The van der Waals surface area contributed by atoms with Crippen molar-refractivity contribution in [3.8, 4) is 5.75 Å². The van der Waals surface area contributed by atoms with E-state index >= 15 is 0 Å². The first-order valence-electron chi connectivity index (χ1n) is 9.85. The molecule has 2 fully saturated rings. The highest BCUT2D eigenvalue weighted by molar-refractivity contribution is 5.22. The first kappa shape index (κ1) is 19.3. The molecule has 0 spiro atoms. The fourth-order valence-electron chi connectivity index (χ4n) is 5.06. The topological polar surface area (TPSA) is 56.6 Å². The summed E-state index contributed by atoms with van der Waals surface area (Å²) in [5.41, 5.74) is 0.250. The zero-order valence-corrected chi connectivity index (χ0v) is 16.0. The zero-order valence-electron chi connectivity index (χ0n) is 16.0. The lowest BCUT2D eigenvalue weighted by atomic mass is 9.91. The Morgan fingerprint density at radius 2 is 1.89 bits per heavy atom. The number of aromatic hydroxyl groups is 1. The summed E-state index contributed by atoms with van der Waals surface area (Å²) in [7, 11) is 0. The molecule has 4 atom stereocenters. The van der Waals surface area contributed by atoms with Crippen LogP contribution in [0.4, 0.5) is 8.78 Å². The first-order valence-corrected chi connectivity index (χ1v) is 9.85. The van der Waals surface area contributed by atoms with E-state index in [1.165, 1.54) is 12.3 Å². The van der Waals surface area contributed by atoms with Crippen LogP contribution in [0, 0.1) is 23.5 Å². The molecule has 2 aliphatic rings. The molecule has 1 aliphatic heterocycles. The molecule has 2 aromatic rings. The third-order valence-corrected chi connectivity index (χ3v) is 6.30. The molecule has 0 amide bonds. The van der Waals surface area contributed by atoms with E-state index in [9.17, 15) is 19.0 Å². The SMILES string of the molecule is CC(CN1C[C@@H]2C[C@@](O)(Cc3cccc(F)c3F)C[C@@H]2C1)c1ccc(O)cn1. The number of fused-ring (bicyclic) bond motifs is 1. The van der Waals surface area contributed by atoms with Gasteiger partial charge in [0.1, 0.15) is 5.75 Å². The molecule has 2 N–H and O–H groups in total. The standard InChI is InChI=1S/C22H26F2N2O2/c1-14(20-6-5-18(27)10-25-20)11-26-12-16-8-22(28,9-17(16)13-26)7-15-3-2-4-19(23)21(15)24/h2-6,10,14,16-17,27-28H,7-9,11-13H2,1H3/t14?,16-,17+,22-. The predicted molar refractivity (Wildman–Crippen MR) is 102 cm³/mol. The van der Waals surface area contributed by atoms with Crippen LogP contribution in [0.15, 0.2) is 36.5 Å². The van der Waals surface area contributed by atoms with E-state index in [0.29, 0.717) is 24.7 Å². The van der Waals surface area contributed by atoms with Gasteiger partial charge in [0, 0.05) is 37.7 Å². The minimum Gasteiger partial charge on any atom is -0.506 e. The molecule has 1 aliphatic carbocycles. The number of aromatic nitrogens is 1. The molecule has 2 heterocycles. The Labute approximate surface area is 163 Å². The molecule has 4 rings (SSSR count). The van der Waals surface area contributed by atoms with Gasteiger partial charge >= 0.3 is 0 Å².